The maximum absolute atomic E-state index is 13.5. The van der Waals surface area contributed by atoms with Crippen LogP contribution in [0.4, 0.5) is 5.13 Å². The van der Waals surface area contributed by atoms with Crippen LogP contribution in [-0.2, 0) is 4.79 Å². The molecule has 1 amide bonds. The highest BCUT2D eigenvalue weighted by atomic mass is 35.5. The predicted molar refractivity (Wildman–Crippen MR) is 122 cm³/mol. The lowest BCUT2D eigenvalue weighted by Crippen LogP contribution is -2.31. The van der Waals surface area contributed by atoms with E-state index in [1.54, 1.807) is 49.4 Å². The van der Waals surface area contributed by atoms with Crippen molar-refractivity contribution in [3.63, 3.8) is 0 Å². The topological polar surface area (TPSA) is 96.5 Å². The molecule has 7 nitrogen and oxygen atoms in total. The van der Waals surface area contributed by atoms with Crippen molar-refractivity contribution in [2.24, 2.45) is 0 Å². The molecular weight excluding hydrogens is 473 g/mol. The number of hydrogen-bond acceptors (Lipinski definition) is 7. The van der Waals surface area contributed by atoms with Gasteiger partial charge in [0, 0.05) is 5.39 Å². The summed E-state index contributed by atoms with van der Waals surface area (Å²) >= 11 is 13.4. The van der Waals surface area contributed by atoms with Crippen LogP contribution < -0.4 is 4.90 Å². The van der Waals surface area contributed by atoms with Gasteiger partial charge in [0.1, 0.15) is 10.6 Å². The maximum Gasteiger partial charge on any atom is 0.296 e. The van der Waals surface area contributed by atoms with Gasteiger partial charge in [-0.15, -0.1) is 10.2 Å². The van der Waals surface area contributed by atoms with Crippen LogP contribution in [0.1, 0.15) is 27.2 Å². The van der Waals surface area contributed by atoms with Gasteiger partial charge >= 0.3 is 0 Å². The van der Waals surface area contributed by atoms with Crippen LogP contribution in [0.3, 0.4) is 0 Å². The number of carbonyl (C=O) groups excluding carboxylic acids is 2. The van der Waals surface area contributed by atoms with E-state index in [-0.39, 0.29) is 21.5 Å². The Labute approximate surface area is 195 Å². The Kier molecular flexibility index (Phi) is 5.00. The molecule has 0 aliphatic carbocycles. The van der Waals surface area contributed by atoms with E-state index in [1.165, 1.54) is 4.90 Å². The van der Waals surface area contributed by atoms with E-state index in [1.807, 2.05) is 6.07 Å². The predicted octanol–water partition coefficient (Wildman–Crippen LogP) is 5.68. The number of furan rings is 1. The standard InChI is InChI=1S/C22H13Cl2N3O4S/c1-10-25-26-22(32-10)27-18(12-6-7-13(23)14(24)8-12)17(20(29)21(27)30)19(28)16-9-11-4-2-3-5-15(11)31-16/h2-9,18,29H,1H3. The Balaban J connectivity index is 1.68. The number of Topliss-reactive ketones (excluding diaryl/α,β-unsaturated/α-hetero) is 1. The van der Waals surface area contributed by atoms with Crippen molar-refractivity contribution in [3.05, 3.63) is 86.2 Å². The van der Waals surface area contributed by atoms with Gasteiger partial charge in [-0.2, -0.15) is 0 Å². The molecule has 1 atom stereocenters. The third-order valence-corrected chi connectivity index (χ3v) is 6.66. The van der Waals surface area contributed by atoms with Crippen molar-refractivity contribution in [2.45, 2.75) is 13.0 Å². The molecule has 3 heterocycles. The lowest BCUT2D eigenvalue weighted by atomic mass is 9.95. The van der Waals surface area contributed by atoms with Crippen molar-refractivity contribution in [2.75, 3.05) is 4.90 Å². The van der Waals surface area contributed by atoms with E-state index < -0.39 is 23.5 Å². The van der Waals surface area contributed by atoms with Gasteiger partial charge in [-0.05, 0) is 36.8 Å². The van der Waals surface area contributed by atoms with E-state index in [2.05, 4.69) is 10.2 Å². The lowest BCUT2D eigenvalue weighted by molar-refractivity contribution is -0.117. The van der Waals surface area contributed by atoms with Crippen molar-refractivity contribution < 1.29 is 19.1 Å². The highest BCUT2D eigenvalue weighted by Gasteiger charge is 2.46. The summed E-state index contributed by atoms with van der Waals surface area (Å²) in [6.07, 6.45) is 0. The summed E-state index contributed by atoms with van der Waals surface area (Å²) in [6.45, 7) is 1.74. The quantitative estimate of drug-likeness (QED) is 0.373. The average molecular weight is 486 g/mol. The molecule has 1 aliphatic heterocycles. The lowest BCUT2D eigenvalue weighted by Gasteiger charge is -2.24. The Morgan fingerprint density at radius 3 is 2.59 bits per heavy atom. The largest absolute Gasteiger partial charge is 0.503 e. The molecular formula is C22H13Cl2N3O4S. The minimum atomic E-state index is -0.995. The minimum absolute atomic E-state index is 0.000838. The molecule has 1 aliphatic rings. The van der Waals surface area contributed by atoms with E-state index >= 15 is 0 Å². The Hall–Kier alpha value is -3.20. The molecule has 0 saturated carbocycles. The summed E-state index contributed by atoms with van der Waals surface area (Å²) in [5.74, 6) is -2.07. The normalized spacial score (nSPS) is 16.4. The fourth-order valence-corrected chi connectivity index (χ4v) is 4.66. The number of amides is 1. The fraction of sp³-hybridized carbons (Fsp3) is 0.0909. The van der Waals surface area contributed by atoms with Gasteiger partial charge in [0.15, 0.2) is 11.5 Å². The van der Waals surface area contributed by atoms with E-state index in [9.17, 15) is 14.7 Å². The molecule has 0 saturated heterocycles. The van der Waals surface area contributed by atoms with E-state index in [4.69, 9.17) is 27.6 Å². The number of ketones is 1. The van der Waals surface area contributed by atoms with Gasteiger partial charge in [0.2, 0.25) is 10.9 Å². The number of halogens is 2. The van der Waals surface area contributed by atoms with Crippen LogP contribution in [0.25, 0.3) is 11.0 Å². The molecule has 32 heavy (non-hydrogen) atoms. The molecule has 0 radical (unpaired) electrons. The number of anilines is 1. The third-order valence-electron chi connectivity index (χ3n) is 5.08. The van der Waals surface area contributed by atoms with Crippen LogP contribution in [0, 0.1) is 6.92 Å². The number of aromatic nitrogens is 2. The Bertz CT molecular complexity index is 1410. The summed E-state index contributed by atoms with van der Waals surface area (Å²) in [5, 5.41) is 20.9. The molecule has 0 bridgehead atoms. The molecule has 1 N–H and O–H groups in total. The first-order valence-corrected chi connectivity index (χ1v) is 11.0. The van der Waals surface area contributed by atoms with Gasteiger partial charge in [-0.1, -0.05) is 58.8 Å². The van der Waals surface area contributed by atoms with Crippen molar-refractivity contribution >= 4 is 62.3 Å². The second kappa shape index (κ2) is 7.74. The number of aryl methyl sites for hydroxylation is 1. The number of nitrogens with zero attached hydrogens (tertiary/aromatic N) is 3. The molecule has 5 rings (SSSR count). The number of rotatable bonds is 4. The first-order valence-electron chi connectivity index (χ1n) is 9.40. The molecule has 0 fully saturated rings. The molecule has 1 unspecified atom stereocenters. The number of hydrogen-bond donors (Lipinski definition) is 1. The SMILES string of the molecule is Cc1nnc(N2C(=O)C(O)=C(C(=O)c3cc4ccccc4o3)C2c2ccc(Cl)c(Cl)c2)s1. The summed E-state index contributed by atoms with van der Waals surface area (Å²) in [5.41, 5.74) is 0.854. The third kappa shape index (κ3) is 3.28. The van der Waals surface area contributed by atoms with Crippen LogP contribution in [0.5, 0.6) is 0 Å². The molecule has 2 aromatic carbocycles. The zero-order valence-corrected chi connectivity index (χ0v) is 18.7. The molecule has 2 aromatic heterocycles. The molecule has 4 aromatic rings. The van der Waals surface area contributed by atoms with Crippen molar-refractivity contribution in [1.82, 2.24) is 10.2 Å². The monoisotopic (exact) mass is 485 g/mol. The number of para-hydroxylation sites is 1. The van der Waals surface area contributed by atoms with Gasteiger partial charge in [0.25, 0.3) is 5.91 Å². The van der Waals surface area contributed by atoms with E-state index in [0.717, 1.165) is 16.7 Å². The fourth-order valence-electron chi connectivity index (χ4n) is 3.64. The number of aliphatic hydroxyl groups is 1. The second-order valence-electron chi connectivity index (χ2n) is 7.09. The number of aliphatic hydroxyl groups excluding tert-OH is 1. The zero-order chi connectivity index (χ0) is 22.6. The first-order chi connectivity index (χ1) is 15.3. The number of carbonyl (C=O) groups is 2. The first kappa shape index (κ1) is 20.7. The number of fused-ring (bicyclic) bond motifs is 1. The highest BCUT2D eigenvalue weighted by molar-refractivity contribution is 7.15. The highest BCUT2D eigenvalue weighted by Crippen LogP contribution is 2.44. The molecule has 0 spiro atoms. The Morgan fingerprint density at radius 1 is 1.12 bits per heavy atom. The van der Waals surface area contributed by atoms with Crippen LogP contribution in [0.15, 0.2) is 64.3 Å². The summed E-state index contributed by atoms with van der Waals surface area (Å²) in [4.78, 5) is 27.8. The maximum atomic E-state index is 13.5. The van der Waals surface area contributed by atoms with Crippen molar-refractivity contribution in [3.8, 4) is 0 Å². The molecule has 10 heteroatoms. The van der Waals surface area contributed by atoms with Crippen LogP contribution >= 0.6 is 34.5 Å². The van der Waals surface area contributed by atoms with Gasteiger partial charge in [-0.3, -0.25) is 14.5 Å². The average Bonchev–Trinajstić information content (AvgIpc) is 3.46. The Morgan fingerprint density at radius 2 is 1.91 bits per heavy atom. The summed E-state index contributed by atoms with van der Waals surface area (Å²) in [7, 11) is 0. The zero-order valence-electron chi connectivity index (χ0n) is 16.4. The minimum Gasteiger partial charge on any atom is -0.503 e. The number of benzene rings is 2. The van der Waals surface area contributed by atoms with Crippen molar-refractivity contribution in [1.29, 1.82) is 0 Å². The summed E-state index contributed by atoms with van der Waals surface area (Å²) < 4.78 is 5.70. The van der Waals surface area contributed by atoms with E-state index in [0.29, 0.717) is 21.2 Å². The second-order valence-corrected chi connectivity index (χ2v) is 9.07. The van der Waals surface area contributed by atoms with Crippen LogP contribution in [0.2, 0.25) is 10.0 Å². The van der Waals surface area contributed by atoms with Gasteiger partial charge in [0.05, 0.1) is 21.7 Å². The summed E-state index contributed by atoms with van der Waals surface area (Å²) in [6, 6.07) is 12.5. The molecule has 160 valence electrons. The smallest absolute Gasteiger partial charge is 0.296 e. The van der Waals surface area contributed by atoms with Crippen LogP contribution in [-0.4, -0.2) is 27.0 Å². The van der Waals surface area contributed by atoms with Gasteiger partial charge < -0.3 is 9.52 Å². The van der Waals surface area contributed by atoms with Gasteiger partial charge in [-0.25, -0.2) is 0 Å².